The molecule has 8 heteroatoms. The number of carbonyl (C=O) groups is 1. The number of H-pyrrole nitrogens is 1. The first-order valence-electron chi connectivity index (χ1n) is 7.70. The van der Waals surface area contributed by atoms with Crippen LogP contribution in [0, 0.1) is 6.92 Å². The van der Waals surface area contributed by atoms with Crippen LogP contribution < -0.4 is 5.32 Å². The van der Waals surface area contributed by atoms with Crippen molar-refractivity contribution in [3.05, 3.63) is 17.5 Å². The number of carbonyl (C=O) groups excluding carboxylic acids is 1. The van der Waals surface area contributed by atoms with E-state index in [1.165, 1.54) is 0 Å². The van der Waals surface area contributed by atoms with E-state index in [0.717, 1.165) is 38.0 Å². The SMILES string of the molecule is Cc1cc(C(=O)NC2CCN([C@@H]3CCS(=O)(=O)C3)CC2)n[nH]1. The molecule has 122 valence electrons. The van der Waals surface area contributed by atoms with Crippen molar-refractivity contribution in [1.82, 2.24) is 20.4 Å². The molecule has 0 aromatic carbocycles. The highest BCUT2D eigenvalue weighted by Crippen LogP contribution is 2.22. The molecule has 1 amide bonds. The zero-order valence-corrected chi connectivity index (χ0v) is 13.5. The highest BCUT2D eigenvalue weighted by Gasteiger charge is 2.34. The molecule has 2 aliphatic heterocycles. The Balaban J connectivity index is 1.49. The number of sulfone groups is 1. The number of nitrogens with one attached hydrogen (secondary N) is 2. The van der Waals surface area contributed by atoms with E-state index < -0.39 is 9.84 Å². The first-order chi connectivity index (χ1) is 10.4. The lowest BCUT2D eigenvalue weighted by atomic mass is 10.0. The first-order valence-corrected chi connectivity index (χ1v) is 9.52. The maximum Gasteiger partial charge on any atom is 0.271 e. The topological polar surface area (TPSA) is 95.2 Å². The molecule has 2 N–H and O–H groups in total. The number of nitrogens with zero attached hydrogens (tertiary/aromatic N) is 2. The van der Waals surface area contributed by atoms with Gasteiger partial charge >= 0.3 is 0 Å². The number of aromatic nitrogens is 2. The Labute approximate surface area is 130 Å². The van der Waals surface area contributed by atoms with Crippen LogP contribution in [0.1, 0.15) is 35.4 Å². The minimum absolute atomic E-state index is 0.138. The van der Waals surface area contributed by atoms with Crippen molar-refractivity contribution in [3.8, 4) is 0 Å². The number of amides is 1. The second-order valence-electron chi connectivity index (χ2n) is 6.28. The third-order valence-electron chi connectivity index (χ3n) is 4.53. The van der Waals surface area contributed by atoms with Gasteiger partial charge in [0.2, 0.25) is 0 Å². The van der Waals surface area contributed by atoms with Crippen LogP contribution in [-0.2, 0) is 9.84 Å². The number of aromatic amines is 1. The monoisotopic (exact) mass is 326 g/mol. The molecule has 2 fully saturated rings. The molecule has 1 aromatic heterocycles. The molecule has 7 nitrogen and oxygen atoms in total. The minimum Gasteiger partial charge on any atom is -0.348 e. The Hall–Kier alpha value is -1.41. The molecular formula is C14H22N4O3S. The largest absolute Gasteiger partial charge is 0.348 e. The molecule has 22 heavy (non-hydrogen) atoms. The summed E-state index contributed by atoms with van der Waals surface area (Å²) in [5.74, 6) is 0.454. The lowest BCUT2D eigenvalue weighted by Crippen LogP contribution is -2.48. The van der Waals surface area contributed by atoms with Crippen LogP contribution in [-0.4, -0.2) is 66.1 Å². The second kappa shape index (κ2) is 6.00. The highest BCUT2D eigenvalue weighted by atomic mass is 32.2. The van der Waals surface area contributed by atoms with Crippen LogP contribution >= 0.6 is 0 Å². The molecule has 0 aliphatic carbocycles. The standard InChI is InChI=1S/C14H22N4O3S/c1-10-8-13(17-16-10)14(19)15-11-2-5-18(6-3-11)12-4-7-22(20,21)9-12/h8,11-12H,2-7,9H2,1H3,(H,15,19)(H,16,17)/t12-/m1/s1. The number of rotatable bonds is 3. The molecular weight excluding hydrogens is 304 g/mol. The highest BCUT2D eigenvalue weighted by molar-refractivity contribution is 7.91. The van der Waals surface area contributed by atoms with Crippen LogP contribution in [0.3, 0.4) is 0 Å². The van der Waals surface area contributed by atoms with Crippen LogP contribution in [0.2, 0.25) is 0 Å². The summed E-state index contributed by atoms with van der Waals surface area (Å²) >= 11 is 0. The van der Waals surface area contributed by atoms with Gasteiger partial charge in [0.25, 0.3) is 5.91 Å². The molecule has 1 atom stereocenters. The van der Waals surface area contributed by atoms with Gasteiger partial charge in [-0.1, -0.05) is 0 Å². The molecule has 1 aromatic rings. The molecule has 0 radical (unpaired) electrons. The zero-order valence-electron chi connectivity index (χ0n) is 12.7. The third kappa shape index (κ3) is 3.49. The summed E-state index contributed by atoms with van der Waals surface area (Å²) in [4.78, 5) is 14.3. The lowest BCUT2D eigenvalue weighted by Gasteiger charge is -2.35. The molecule has 0 unspecified atom stereocenters. The van der Waals surface area contributed by atoms with Gasteiger partial charge in [0.15, 0.2) is 9.84 Å². The summed E-state index contributed by atoms with van der Waals surface area (Å²) in [5, 5.41) is 9.73. The Morgan fingerprint density at radius 2 is 2.09 bits per heavy atom. The molecule has 0 bridgehead atoms. The Kier molecular flexibility index (Phi) is 4.22. The second-order valence-corrected chi connectivity index (χ2v) is 8.51. The van der Waals surface area contributed by atoms with Crippen molar-refractivity contribution in [2.24, 2.45) is 0 Å². The van der Waals surface area contributed by atoms with E-state index in [2.05, 4.69) is 20.4 Å². The van der Waals surface area contributed by atoms with E-state index in [4.69, 9.17) is 0 Å². The quantitative estimate of drug-likeness (QED) is 0.821. The summed E-state index contributed by atoms with van der Waals surface area (Å²) < 4.78 is 23.1. The van der Waals surface area contributed by atoms with Crippen molar-refractivity contribution < 1.29 is 13.2 Å². The predicted octanol–water partition coefficient (Wildman–Crippen LogP) is 0.0994. The number of likely N-dealkylation sites (tertiary alicyclic amines) is 1. The average molecular weight is 326 g/mol. The van der Waals surface area contributed by atoms with Gasteiger partial charge < -0.3 is 5.32 Å². The summed E-state index contributed by atoms with van der Waals surface area (Å²) in [6, 6.07) is 2.03. The summed E-state index contributed by atoms with van der Waals surface area (Å²) in [5.41, 5.74) is 1.28. The zero-order chi connectivity index (χ0) is 15.7. The summed E-state index contributed by atoms with van der Waals surface area (Å²) in [6.07, 6.45) is 2.45. The smallest absolute Gasteiger partial charge is 0.271 e. The van der Waals surface area contributed by atoms with Gasteiger partial charge in [0, 0.05) is 30.9 Å². The van der Waals surface area contributed by atoms with E-state index in [-0.39, 0.29) is 23.7 Å². The van der Waals surface area contributed by atoms with Gasteiger partial charge in [-0.2, -0.15) is 5.10 Å². The van der Waals surface area contributed by atoms with E-state index in [1.807, 2.05) is 6.92 Å². The van der Waals surface area contributed by atoms with E-state index in [0.29, 0.717) is 11.4 Å². The predicted molar refractivity (Wildman–Crippen MR) is 82.4 cm³/mol. The molecule has 0 spiro atoms. The Morgan fingerprint density at radius 1 is 1.36 bits per heavy atom. The van der Waals surface area contributed by atoms with Gasteiger partial charge in [0.1, 0.15) is 5.69 Å². The van der Waals surface area contributed by atoms with Gasteiger partial charge in [-0.25, -0.2) is 8.42 Å². The van der Waals surface area contributed by atoms with E-state index in [1.54, 1.807) is 6.07 Å². The van der Waals surface area contributed by atoms with Gasteiger partial charge in [-0.15, -0.1) is 0 Å². The van der Waals surface area contributed by atoms with Crippen molar-refractivity contribution in [2.75, 3.05) is 24.6 Å². The van der Waals surface area contributed by atoms with E-state index >= 15 is 0 Å². The third-order valence-corrected chi connectivity index (χ3v) is 6.28. The number of piperidine rings is 1. The van der Waals surface area contributed by atoms with Gasteiger partial charge in [-0.3, -0.25) is 14.8 Å². The minimum atomic E-state index is -2.83. The summed E-state index contributed by atoms with van der Waals surface area (Å²) in [6.45, 7) is 3.54. The molecule has 2 aliphatic rings. The van der Waals surface area contributed by atoms with Crippen molar-refractivity contribution in [2.45, 2.75) is 38.3 Å². The fourth-order valence-corrected chi connectivity index (χ4v) is 5.03. The Morgan fingerprint density at radius 3 is 2.64 bits per heavy atom. The molecule has 3 heterocycles. The number of hydrogen-bond donors (Lipinski definition) is 2. The van der Waals surface area contributed by atoms with Gasteiger partial charge in [0.05, 0.1) is 11.5 Å². The molecule has 3 rings (SSSR count). The summed E-state index contributed by atoms with van der Waals surface area (Å²) in [7, 11) is -2.83. The van der Waals surface area contributed by atoms with E-state index in [9.17, 15) is 13.2 Å². The normalized spacial score (nSPS) is 26.1. The molecule has 0 saturated carbocycles. The number of hydrogen-bond acceptors (Lipinski definition) is 5. The van der Waals surface area contributed by atoms with Crippen molar-refractivity contribution in [1.29, 1.82) is 0 Å². The van der Waals surface area contributed by atoms with Crippen molar-refractivity contribution >= 4 is 15.7 Å². The fraction of sp³-hybridized carbons (Fsp3) is 0.714. The average Bonchev–Trinajstić information content (AvgIpc) is 3.05. The van der Waals surface area contributed by atoms with Crippen LogP contribution in [0.5, 0.6) is 0 Å². The fourth-order valence-electron chi connectivity index (χ4n) is 3.27. The lowest BCUT2D eigenvalue weighted by molar-refractivity contribution is 0.0893. The van der Waals surface area contributed by atoms with Crippen LogP contribution in [0.4, 0.5) is 0 Å². The molecule has 2 saturated heterocycles. The number of aryl methyl sites for hydroxylation is 1. The van der Waals surface area contributed by atoms with Crippen LogP contribution in [0.15, 0.2) is 6.07 Å². The maximum atomic E-state index is 12.1. The van der Waals surface area contributed by atoms with Crippen LogP contribution in [0.25, 0.3) is 0 Å². The maximum absolute atomic E-state index is 12.1. The first kappa shape index (κ1) is 15.5. The Bertz CT molecular complexity index is 647. The van der Waals surface area contributed by atoms with Crippen molar-refractivity contribution in [3.63, 3.8) is 0 Å². The van der Waals surface area contributed by atoms with Gasteiger partial charge in [-0.05, 0) is 32.3 Å².